The Morgan fingerprint density at radius 1 is 0.914 bits per heavy atom. The lowest BCUT2D eigenvalue weighted by Gasteiger charge is -2.07. The first-order valence-electron chi connectivity index (χ1n) is 10.1. The molecule has 2 aromatic carbocycles. The summed E-state index contributed by atoms with van der Waals surface area (Å²) < 4.78 is 31.9. The highest BCUT2D eigenvalue weighted by molar-refractivity contribution is 7.99. The Labute approximate surface area is 201 Å². The van der Waals surface area contributed by atoms with Crippen LogP contribution in [0.1, 0.15) is 12.1 Å². The number of amides is 2. The SMILES string of the molecule is O=C(COC(=O)CCc1nnc(SCC(=O)Nc2ccccc2F)[nH]c1=O)Nc1ccccc1F. The molecule has 0 bridgehead atoms. The summed E-state index contributed by atoms with van der Waals surface area (Å²) in [5.41, 5.74) is -0.664. The molecule has 0 atom stereocenters. The Balaban J connectivity index is 1.41. The number of rotatable bonds is 10. The van der Waals surface area contributed by atoms with Crippen LogP contribution in [0.15, 0.2) is 58.5 Å². The fourth-order valence-corrected chi connectivity index (χ4v) is 3.25. The van der Waals surface area contributed by atoms with Gasteiger partial charge in [-0.2, -0.15) is 0 Å². The van der Waals surface area contributed by atoms with Crippen molar-refractivity contribution in [3.05, 3.63) is 76.2 Å². The predicted octanol–water partition coefficient (Wildman–Crippen LogP) is 2.29. The van der Waals surface area contributed by atoms with Gasteiger partial charge in [-0.05, 0) is 24.3 Å². The molecule has 35 heavy (non-hydrogen) atoms. The summed E-state index contributed by atoms with van der Waals surface area (Å²) >= 11 is 0.887. The molecule has 13 heteroatoms. The van der Waals surface area contributed by atoms with Gasteiger partial charge in [0.15, 0.2) is 11.8 Å². The molecule has 182 valence electrons. The number of esters is 1. The van der Waals surface area contributed by atoms with E-state index in [2.05, 4.69) is 25.8 Å². The highest BCUT2D eigenvalue weighted by atomic mass is 32.2. The van der Waals surface area contributed by atoms with Gasteiger partial charge >= 0.3 is 5.97 Å². The average molecular weight is 503 g/mol. The van der Waals surface area contributed by atoms with Gasteiger partial charge in [-0.25, -0.2) is 8.78 Å². The maximum Gasteiger partial charge on any atom is 0.306 e. The number of hydrogen-bond donors (Lipinski definition) is 3. The van der Waals surface area contributed by atoms with Crippen molar-refractivity contribution in [2.75, 3.05) is 23.0 Å². The molecule has 0 aliphatic heterocycles. The highest BCUT2D eigenvalue weighted by Crippen LogP contribution is 2.15. The second-order valence-corrected chi connectivity index (χ2v) is 7.88. The molecule has 1 aromatic heterocycles. The van der Waals surface area contributed by atoms with Crippen LogP contribution in [0, 0.1) is 11.6 Å². The zero-order valence-corrected chi connectivity index (χ0v) is 18.9. The van der Waals surface area contributed by atoms with Crippen LogP contribution >= 0.6 is 11.8 Å². The van der Waals surface area contributed by atoms with E-state index in [0.29, 0.717) is 0 Å². The van der Waals surface area contributed by atoms with E-state index in [1.807, 2.05) is 0 Å². The number of aryl methyl sites for hydroxylation is 1. The minimum absolute atomic E-state index is 0.0321. The zero-order chi connectivity index (χ0) is 25.2. The number of thioether (sulfide) groups is 1. The molecule has 0 saturated heterocycles. The maximum atomic E-state index is 13.6. The third-order valence-corrected chi connectivity index (χ3v) is 5.17. The van der Waals surface area contributed by atoms with E-state index in [0.717, 1.165) is 11.8 Å². The fraction of sp³-hybridized carbons (Fsp3) is 0.182. The summed E-state index contributed by atoms with van der Waals surface area (Å²) in [4.78, 5) is 50.2. The minimum Gasteiger partial charge on any atom is -0.456 e. The van der Waals surface area contributed by atoms with Gasteiger partial charge in [0.05, 0.1) is 23.5 Å². The van der Waals surface area contributed by atoms with Crippen LogP contribution in [0.5, 0.6) is 0 Å². The summed E-state index contributed by atoms with van der Waals surface area (Å²) in [5, 5.41) is 12.3. The number of aromatic amines is 1. The second-order valence-electron chi connectivity index (χ2n) is 6.91. The molecule has 0 aliphatic rings. The van der Waals surface area contributed by atoms with Gasteiger partial charge in [-0.3, -0.25) is 24.2 Å². The molecule has 3 rings (SSSR count). The van der Waals surface area contributed by atoms with Gasteiger partial charge in [0, 0.05) is 6.42 Å². The lowest BCUT2D eigenvalue weighted by Crippen LogP contribution is -2.23. The Hall–Kier alpha value is -4.13. The Morgan fingerprint density at radius 2 is 1.51 bits per heavy atom. The van der Waals surface area contributed by atoms with Gasteiger partial charge in [-0.1, -0.05) is 36.0 Å². The molecule has 0 aliphatic carbocycles. The van der Waals surface area contributed by atoms with Gasteiger partial charge in [-0.15, -0.1) is 10.2 Å². The fourth-order valence-electron chi connectivity index (χ4n) is 2.64. The number of ether oxygens (including phenoxy) is 1. The van der Waals surface area contributed by atoms with Crippen molar-refractivity contribution in [2.24, 2.45) is 0 Å². The third-order valence-electron chi connectivity index (χ3n) is 4.31. The van der Waals surface area contributed by atoms with Gasteiger partial charge in [0.2, 0.25) is 5.91 Å². The molecule has 3 aromatic rings. The molecule has 0 radical (unpaired) electrons. The van der Waals surface area contributed by atoms with Crippen LogP contribution in [0.25, 0.3) is 0 Å². The molecule has 0 spiro atoms. The van der Waals surface area contributed by atoms with Gasteiger partial charge in [0.25, 0.3) is 11.5 Å². The summed E-state index contributed by atoms with van der Waals surface area (Å²) in [6.07, 6.45) is -0.350. The van der Waals surface area contributed by atoms with Crippen molar-refractivity contribution >= 4 is 40.9 Å². The van der Waals surface area contributed by atoms with Crippen molar-refractivity contribution in [3.8, 4) is 0 Å². The number of H-pyrrole nitrogens is 1. The summed E-state index contributed by atoms with van der Waals surface area (Å²) in [6, 6.07) is 11.2. The van der Waals surface area contributed by atoms with E-state index in [1.165, 1.54) is 42.5 Å². The van der Waals surface area contributed by atoms with Crippen LogP contribution in [0.4, 0.5) is 20.2 Å². The molecule has 3 N–H and O–H groups in total. The first-order chi connectivity index (χ1) is 16.8. The monoisotopic (exact) mass is 503 g/mol. The van der Waals surface area contributed by atoms with Crippen LogP contribution < -0.4 is 16.2 Å². The number of anilines is 2. The number of aromatic nitrogens is 3. The topological polar surface area (TPSA) is 143 Å². The summed E-state index contributed by atoms with van der Waals surface area (Å²) in [7, 11) is 0. The predicted molar refractivity (Wildman–Crippen MR) is 123 cm³/mol. The quantitative estimate of drug-likeness (QED) is 0.283. The number of benzene rings is 2. The molecule has 0 unspecified atom stereocenters. The number of carbonyl (C=O) groups is 3. The van der Waals surface area contributed by atoms with E-state index in [9.17, 15) is 28.0 Å². The van der Waals surface area contributed by atoms with E-state index < -0.39 is 41.6 Å². The van der Waals surface area contributed by atoms with E-state index in [1.54, 1.807) is 6.07 Å². The zero-order valence-electron chi connectivity index (χ0n) is 18.0. The van der Waals surface area contributed by atoms with E-state index in [4.69, 9.17) is 4.74 Å². The van der Waals surface area contributed by atoms with Crippen molar-refractivity contribution < 1.29 is 27.9 Å². The maximum absolute atomic E-state index is 13.6. The molecule has 0 fully saturated rings. The Kier molecular flexibility index (Phi) is 9.01. The van der Waals surface area contributed by atoms with Gasteiger partial charge < -0.3 is 15.4 Å². The van der Waals surface area contributed by atoms with E-state index in [-0.39, 0.29) is 40.8 Å². The van der Waals surface area contributed by atoms with Crippen LogP contribution in [0.2, 0.25) is 0 Å². The lowest BCUT2D eigenvalue weighted by atomic mass is 10.2. The first kappa shape index (κ1) is 25.5. The molecular formula is C22H19F2N5O5S. The average Bonchev–Trinajstić information content (AvgIpc) is 2.84. The number of nitrogens with zero attached hydrogens (tertiary/aromatic N) is 2. The summed E-state index contributed by atoms with van der Waals surface area (Å²) in [6.45, 7) is -0.625. The molecule has 0 saturated carbocycles. The lowest BCUT2D eigenvalue weighted by molar-refractivity contribution is -0.147. The smallest absolute Gasteiger partial charge is 0.306 e. The number of para-hydroxylation sites is 2. The third kappa shape index (κ3) is 7.99. The van der Waals surface area contributed by atoms with Crippen molar-refractivity contribution in [3.63, 3.8) is 0 Å². The first-order valence-corrected chi connectivity index (χ1v) is 11.1. The van der Waals surface area contributed by atoms with Crippen LogP contribution in [-0.4, -0.2) is 45.3 Å². The van der Waals surface area contributed by atoms with Crippen molar-refractivity contribution in [2.45, 2.75) is 18.0 Å². The summed E-state index contributed by atoms with van der Waals surface area (Å²) in [5.74, 6) is -3.35. The van der Waals surface area contributed by atoms with Gasteiger partial charge in [0.1, 0.15) is 17.3 Å². The largest absolute Gasteiger partial charge is 0.456 e. The Morgan fingerprint density at radius 3 is 2.11 bits per heavy atom. The highest BCUT2D eigenvalue weighted by Gasteiger charge is 2.13. The van der Waals surface area contributed by atoms with Crippen molar-refractivity contribution in [1.29, 1.82) is 0 Å². The molecular weight excluding hydrogens is 484 g/mol. The number of hydrogen-bond acceptors (Lipinski definition) is 8. The molecule has 1 heterocycles. The number of nitrogens with one attached hydrogen (secondary N) is 3. The van der Waals surface area contributed by atoms with Crippen LogP contribution in [0.3, 0.4) is 0 Å². The van der Waals surface area contributed by atoms with E-state index >= 15 is 0 Å². The van der Waals surface area contributed by atoms with Crippen LogP contribution in [-0.2, 0) is 25.5 Å². The second kappa shape index (κ2) is 12.4. The minimum atomic E-state index is -0.766. The van der Waals surface area contributed by atoms with Crippen molar-refractivity contribution in [1.82, 2.24) is 15.2 Å². The number of halogens is 2. The standard InChI is InChI=1S/C22H19F2N5O5S/c23-13-5-1-3-7-15(13)25-18(30)11-34-20(32)10-9-17-21(33)27-22(29-28-17)35-12-19(31)26-16-8-4-2-6-14(16)24/h1-8H,9-12H2,(H,25,30)(H,26,31)(H,27,29,33). The normalized spacial score (nSPS) is 10.5. The molecule has 2 amide bonds. The molecule has 10 nitrogen and oxygen atoms in total. The Bertz CT molecular complexity index is 1290. The number of carbonyl (C=O) groups excluding carboxylic acids is 3.